The van der Waals surface area contributed by atoms with Crippen LogP contribution in [0.4, 0.5) is 0 Å². The SMILES string of the molecule is Cc1[nH]c2ccc(C(=O)N3CCC(c4nc5ccccc5o4)CC3)cc2c1C. The fraction of sp³-hybridized carbons (Fsp3) is 0.304. The highest BCUT2D eigenvalue weighted by atomic mass is 16.3. The Bertz CT molecular complexity index is 1150. The highest BCUT2D eigenvalue weighted by Gasteiger charge is 2.27. The molecule has 3 heterocycles. The summed E-state index contributed by atoms with van der Waals surface area (Å²) in [7, 11) is 0. The van der Waals surface area contributed by atoms with Crippen molar-refractivity contribution in [1.29, 1.82) is 0 Å². The van der Waals surface area contributed by atoms with Crippen LogP contribution in [0.5, 0.6) is 0 Å². The van der Waals surface area contributed by atoms with Gasteiger partial charge < -0.3 is 14.3 Å². The highest BCUT2D eigenvalue weighted by molar-refractivity contribution is 5.99. The lowest BCUT2D eigenvalue weighted by molar-refractivity contribution is 0.0707. The first-order valence-corrected chi connectivity index (χ1v) is 9.84. The third-order valence-electron chi connectivity index (χ3n) is 6.00. The number of oxazole rings is 1. The van der Waals surface area contributed by atoms with Crippen LogP contribution in [0.15, 0.2) is 46.9 Å². The topological polar surface area (TPSA) is 62.1 Å². The number of fused-ring (bicyclic) bond motifs is 2. The van der Waals surface area contributed by atoms with Crippen molar-refractivity contribution in [2.45, 2.75) is 32.6 Å². The first-order chi connectivity index (χ1) is 13.6. The van der Waals surface area contributed by atoms with E-state index in [1.54, 1.807) is 0 Å². The van der Waals surface area contributed by atoms with E-state index < -0.39 is 0 Å². The van der Waals surface area contributed by atoms with Gasteiger partial charge in [0, 0.05) is 41.2 Å². The van der Waals surface area contributed by atoms with Crippen molar-refractivity contribution in [2.75, 3.05) is 13.1 Å². The first-order valence-electron chi connectivity index (χ1n) is 9.84. The Morgan fingerprint density at radius 3 is 2.71 bits per heavy atom. The quantitative estimate of drug-likeness (QED) is 0.541. The monoisotopic (exact) mass is 373 g/mol. The number of carbonyl (C=O) groups is 1. The lowest BCUT2D eigenvalue weighted by Gasteiger charge is -2.30. The zero-order valence-corrected chi connectivity index (χ0v) is 16.2. The van der Waals surface area contributed by atoms with Gasteiger partial charge in [-0.15, -0.1) is 0 Å². The molecule has 28 heavy (non-hydrogen) atoms. The van der Waals surface area contributed by atoms with Gasteiger partial charge in [0.1, 0.15) is 5.52 Å². The third kappa shape index (κ3) is 2.78. The Kier molecular flexibility index (Phi) is 3.97. The van der Waals surface area contributed by atoms with Crippen LogP contribution in [-0.2, 0) is 0 Å². The summed E-state index contributed by atoms with van der Waals surface area (Å²) in [6.07, 6.45) is 1.76. The summed E-state index contributed by atoms with van der Waals surface area (Å²) in [5.74, 6) is 1.18. The molecular weight excluding hydrogens is 350 g/mol. The molecule has 0 atom stereocenters. The van der Waals surface area contributed by atoms with Crippen LogP contribution in [-0.4, -0.2) is 33.9 Å². The maximum Gasteiger partial charge on any atom is 0.253 e. The minimum absolute atomic E-state index is 0.108. The van der Waals surface area contributed by atoms with E-state index in [4.69, 9.17) is 4.42 Å². The molecule has 5 heteroatoms. The molecule has 0 radical (unpaired) electrons. The van der Waals surface area contributed by atoms with E-state index in [0.29, 0.717) is 0 Å². The van der Waals surface area contributed by atoms with Crippen molar-refractivity contribution >= 4 is 27.9 Å². The van der Waals surface area contributed by atoms with Crippen molar-refractivity contribution in [3.63, 3.8) is 0 Å². The van der Waals surface area contributed by atoms with E-state index in [0.717, 1.165) is 65.1 Å². The molecule has 2 aromatic heterocycles. The number of para-hydroxylation sites is 2. The number of H-pyrrole nitrogens is 1. The van der Waals surface area contributed by atoms with Crippen LogP contribution in [0.3, 0.4) is 0 Å². The van der Waals surface area contributed by atoms with E-state index in [-0.39, 0.29) is 11.8 Å². The number of amides is 1. The predicted octanol–water partition coefficient (Wildman–Crippen LogP) is 4.95. The largest absolute Gasteiger partial charge is 0.440 e. The summed E-state index contributed by atoms with van der Waals surface area (Å²) in [5, 5.41) is 1.13. The van der Waals surface area contributed by atoms with E-state index in [2.05, 4.69) is 23.8 Å². The molecule has 5 rings (SSSR count). The van der Waals surface area contributed by atoms with Crippen molar-refractivity contribution in [3.05, 3.63) is 65.2 Å². The summed E-state index contributed by atoms with van der Waals surface area (Å²) in [6, 6.07) is 13.8. The number of aryl methyl sites for hydroxylation is 2. The molecule has 142 valence electrons. The average molecular weight is 373 g/mol. The lowest BCUT2D eigenvalue weighted by Crippen LogP contribution is -2.38. The Hall–Kier alpha value is -3.08. The molecule has 0 spiro atoms. The second-order valence-electron chi connectivity index (χ2n) is 7.72. The predicted molar refractivity (Wildman–Crippen MR) is 110 cm³/mol. The molecule has 0 unspecified atom stereocenters. The fourth-order valence-corrected chi connectivity index (χ4v) is 4.17. The van der Waals surface area contributed by atoms with Crippen LogP contribution in [0.1, 0.15) is 46.3 Å². The molecule has 1 saturated heterocycles. The number of carbonyl (C=O) groups excluding carboxylic acids is 1. The van der Waals surface area contributed by atoms with Crippen LogP contribution < -0.4 is 0 Å². The normalized spacial score (nSPS) is 15.6. The summed E-state index contributed by atoms with van der Waals surface area (Å²) < 4.78 is 5.93. The molecule has 0 bridgehead atoms. The van der Waals surface area contributed by atoms with Gasteiger partial charge in [-0.2, -0.15) is 0 Å². The molecule has 0 aliphatic carbocycles. The molecule has 1 fully saturated rings. The standard InChI is InChI=1S/C23H23N3O2/c1-14-15(2)24-19-8-7-17(13-18(14)19)23(27)26-11-9-16(10-12-26)22-25-20-5-3-4-6-21(20)28-22/h3-8,13,16,24H,9-12H2,1-2H3. The summed E-state index contributed by atoms with van der Waals surface area (Å²) in [5.41, 5.74) is 5.94. The molecular formula is C23H23N3O2. The summed E-state index contributed by atoms with van der Waals surface area (Å²) in [6.45, 7) is 5.61. The number of piperidine rings is 1. The fourth-order valence-electron chi connectivity index (χ4n) is 4.17. The van der Waals surface area contributed by atoms with Crippen molar-refractivity contribution in [3.8, 4) is 0 Å². The summed E-state index contributed by atoms with van der Waals surface area (Å²) in [4.78, 5) is 23.0. The number of nitrogens with one attached hydrogen (secondary N) is 1. The first kappa shape index (κ1) is 17.0. The lowest BCUT2D eigenvalue weighted by atomic mass is 9.96. The van der Waals surface area contributed by atoms with Gasteiger partial charge in [0.05, 0.1) is 0 Å². The number of rotatable bonds is 2. The second-order valence-corrected chi connectivity index (χ2v) is 7.72. The second kappa shape index (κ2) is 6.51. The van der Waals surface area contributed by atoms with E-state index in [1.807, 2.05) is 47.4 Å². The number of hydrogen-bond donors (Lipinski definition) is 1. The molecule has 2 aromatic carbocycles. The van der Waals surface area contributed by atoms with Gasteiger partial charge in [0.25, 0.3) is 5.91 Å². The Morgan fingerprint density at radius 1 is 1.14 bits per heavy atom. The zero-order valence-electron chi connectivity index (χ0n) is 16.2. The van der Waals surface area contributed by atoms with E-state index >= 15 is 0 Å². The Labute approximate surface area is 163 Å². The van der Waals surface area contributed by atoms with E-state index in [9.17, 15) is 4.79 Å². The third-order valence-corrected chi connectivity index (χ3v) is 6.00. The van der Waals surface area contributed by atoms with Crippen molar-refractivity contribution in [1.82, 2.24) is 14.9 Å². The Balaban J connectivity index is 1.32. The maximum atomic E-state index is 13.0. The van der Waals surface area contributed by atoms with Crippen molar-refractivity contribution < 1.29 is 9.21 Å². The molecule has 0 saturated carbocycles. The number of benzene rings is 2. The highest BCUT2D eigenvalue weighted by Crippen LogP contribution is 2.31. The van der Waals surface area contributed by atoms with Crippen LogP contribution in [0, 0.1) is 13.8 Å². The zero-order chi connectivity index (χ0) is 19.3. The van der Waals surface area contributed by atoms with Gasteiger partial charge in [-0.1, -0.05) is 12.1 Å². The minimum Gasteiger partial charge on any atom is -0.440 e. The van der Waals surface area contributed by atoms with Crippen LogP contribution in [0.2, 0.25) is 0 Å². The maximum absolute atomic E-state index is 13.0. The number of aromatic nitrogens is 2. The molecule has 5 nitrogen and oxygen atoms in total. The van der Waals surface area contributed by atoms with Crippen LogP contribution >= 0.6 is 0 Å². The van der Waals surface area contributed by atoms with Crippen LogP contribution in [0.25, 0.3) is 22.0 Å². The number of nitrogens with zero attached hydrogens (tertiary/aromatic N) is 2. The average Bonchev–Trinajstić information content (AvgIpc) is 3.28. The van der Waals surface area contributed by atoms with Crippen molar-refractivity contribution in [2.24, 2.45) is 0 Å². The molecule has 1 aliphatic heterocycles. The number of hydrogen-bond acceptors (Lipinski definition) is 3. The summed E-state index contributed by atoms with van der Waals surface area (Å²) >= 11 is 0. The van der Waals surface area contributed by atoms with E-state index in [1.165, 1.54) is 5.56 Å². The Morgan fingerprint density at radius 2 is 1.93 bits per heavy atom. The minimum atomic E-state index is 0.108. The smallest absolute Gasteiger partial charge is 0.253 e. The number of likely N-dealkylation sites (tertiary alicyclic amines) is 1. The molecule has 4 aromatic rings. The van der Waals surface area contributed by atoms with Gasteiger partial charge in [0.2, 0.25) is 0 Å². The van der Waals surface area contributed by atoms with Gasteiger partial charge in [-0.3, -0.25) is 4.79 Å². The molecule has 1 N–H and O–H groups in total. The molecule has 1 aliphatic rings. The van der Waals surface area contributed by atoms with Gasteiger partial charge in [0.15, 0.2) is 11.5 Å². The number of aromatic amines is 1. The van der Waals surface area contributed by atoms with Gasteiger partial charge in [-0.05, 0) is 62.6 Å². The van der Waals surface area contributed by atoms with Gasteiger partial charge >= 0.3 is 0 Å². The molecule has 1 amide bonds. The van der Waals surface area contributed by atoms with Gasteiger partial charge in [-0.25, -0.2) is 4.98 Å².